The quantitative estimate of drug-likeness (QED) is 0.740. The van der Waals surface area contributed by atoms with E-state index in [4.69, 9.17) is 4.74 Å². The SMILES string of the molecule is CCOC1CC(NC(=O)CSCC(F)(F)F)(C(=O)O)C1(C)C. The molecule has 1 aliphatic rings. The molecule has 5 nitrogen and oxygen atoms in total. The van der Waals surface area contributed by atoms with E-state index in [9.17, 15) is 27.9 Å². The second-order valence-electron chi connectivity index (χ2n) is 5.74. The van der Waals surface area contributed by atoms with E-state index in [0.29, 0.717) is 18.4 Å². The van der Waals surface area contributed by atoms with E-state index in [2.05, 4.69) is 5.32 Å². The zero-order valence-corrected chi connectivity index (χ0v) is 13.4. The van der Waals surface area contributed by atoms with Crippen molar-refractivity contribution in [1.82, 2.24) is 5.32 Å². The number of carbonyl (C=O) groups is 2. The first kappa shape index (κ1) is 19.1. The number of carboxylic acids is 1. The number of thioether (sulfide) groups is 1. The maximum atomic E-state index is 12.0. The summed E-state index contributed by atoms with van der Waals surface area (Å²) in [6.07, 6.45) is -4.58. The largest absolute Gasteiger partial charge is 0.479 e. The number of carbonyl (C=O) groups excluding carboxylic acids is 1. The Labute approximate surface area is 131 Å². The van der Waals surface area contributed by atoms with Crippen LogP contribution in [-0.2, 0) is 14.3 Å². The molecule has 0 heterocycles. The van der Waals surface area contributed by atoms with Gasteiger partial charge in [0.1, 0.15) is 5.54 Å². The fraction of sp³-hybridized carbons (Fsp3) is 0.846. The summed E-state index contributed by atoms with van der Waals surface area (Å²) < 4.78 is 41.6. The first-order valence-corrected chi connectivity index (χ1v) is 7.92. The smallest absolute Gasteiger partial charge is 0.397 e. The highest BCUT2D eigenvalue weighted by atomic mass is 32.2. The lowest BCUT2D eigenvalue weighted by molar-refractivity contribution is -0.194. The van der Waals surface area contributed by atoms with Gasteiger partial charge in [0.05, 0.1) is 17.6 Å². The molecule has 0 aromatic rings. The molecule has 0 aliphatic heterocycles. The number of nitrogens with one attached hydrogen (secondary N) is 1. The van der Waals surface area contributed by atoms with Gasteiger partial charge in [-0.05, 0) is 6.92 Å². The van der Waals surface area contributed by atoms with Crippen LogP contribution in [0.25, 0.3) is 0 Å². The lowest BCUT2D eigenvalue weighted by Crippen LogP contribution is -2.76. The van der Waals surface area contributed by atoms with Crippen molar-refractivity contribution in [2.75, 3.05) is 18.1 Å². The molecule has 0 saturated heterocycles. The van der Waals surface area contributed by atoms with Crippen molar-refractivity contribution < 1.29 is 32.6 Å². The van der Waals surface area contributed by atoms with E-state index in [1.54, 1.807) is 20.8 Å². The summed E-state index contributed by atoms with van der Waals surface area (Å²) in [7, 11) is 0. The zero-order valence-electron chi connectivity index (χ0n) is 12.6. The number of aliphatic carboxylic acids is 1. The second-order valence-corrected chi connectivity index (χ2v) is 6.72. The van der Waals surface area contributed by atoms with Gasteiger partial charge in [-0.15, -0.1) is 11.8 Å². The van der Waals surface area contributed by atoms with Gasteiger partial charge in [-0.2, -0.15) is 13.2 Å². The van der Waals surface area contributed by atoms with Gasteiger partial charge in [-0.3, -0.25) is 4.79 Å². The molecule has 2 unspecified atom stereocenters. The van der Waals surface area contributed by atoms with Gasteiger partial charge in [0.15, 0.2) is 0 Å². The van der Waals surface area contributed by atoms with Crippen LogP contribution in [0.5, 0.6) is 0 Å². The van der Waals surface area contributed by atoms with Crippen LogP contribution in [0.4, 0.5) is 13.2 Å². The molecule has 1 aliphatic carbocycles. The van der Waals surface area contributed by atoms with Gasteiger partial charge in [0.2, 0.25) is 5.91 Å². The Morgan fingerprint density at radius 2 is 2.00 bits per heavy atom. The predicted molar refractivity (Wildman–Crippen MR) is 75.7 cm³/mol. The Kier molecular flexibility index (Phi) is 5.77. The third kappa shape index (κ3) is 3.87. The summed E-state index contributed by atoms with van der Waals surface area (Å²) in [6, 6.07) is 0. The Morgan fingerprint density at radius 3 is 2.41 bits per heavy atom. The number of halogens is 3. The van der Waals surface area contributed by atoms with Crippen molar-refractivity contribution in [3.63, 3.8) is 0 Å². The Balaban J connectivity index is 2.67. The lowest BCUT2D eigenvalue weighted by atomic mass is 9.54. The van der Waals surface area contributed by atoms with Gasteiger partial charge in [0.25, 0.3) is 0 Å². The van der Waals surface area contributed by atoms with Crippen LogP contribution in [0, 0.1) is 5.41 Å². The van der Waals surface area contributed by atoms with Crippen LogP contribution in [-0.4, -0.2) is 52.9 Å². The van der Waals surface area contributed by atoms with Gasteiger partial charge in [-0.1, -0.05) is 13.8 Å². The molecule has 1 amide bonds. The van der Waals surface area contributed by atoms with Crippen molar-refractivity contribution in [3.05, 3.63) is 0 Å². The minimum Gasteiger partial charge on any atom is -0.479 e. The topological polar surface area (TPSA) is 75.6 Å². The average molecular weight is 343 g/mol. The lowest BCUT2D eigenvalue weighted by Gasteiger charge is -2.58. The van der Waals surface area contributed by atoms with Crippen molar-refractivity contribution in [2.45, 2.75) is 45.0 Å². The maximum Gasteiger partial charge on any atom is 0.397 e. The van der Waals surface area contributed by atoms with Crippen molar-refractivity contribution in [2.24, 2.45) is 5.41 Å². The first-order valence-electron chi connectivity index (χ1n) is 6.77. The first-order chi connectivity index (χ1) is 9.96. The number of amides is 1. The highest BCUT2D eigenvalue weighted by Crippen LogP contribution is 2.51. The van der Waals surface area contributed by atoms with Gasteiger partial charge >= 0.3 is 12.1 Å². The van der Waals surface area contributed by atoms with Crippen molar-refractivity contribution >= 4 is 23.6 Å². The molecule has 0 bridgehead atoms. The normalized spacial score (nSPS) is 27.1. The highest BCUT2D eigenvalue weighted by molar-refractivity contribution is 8.00. The summed E-state index contributed by atoms with van der Waals surface area (Å²) in [4.78, 5) is 23.4. The zero-order chi connectivity index (χ0) is 17.2. The fourth-order valence-corrected chi connectivity index (χ4v) is 3.16. The molecular formula is C13H20F3NO4S. The summed E-state index contributed by atoms with van der Waals surface area (Å²) in [6.45, 7) is 5.52. The number of alkyl halides is 3. The molecule has 2 N–H and O–H groups in total. The van der Waals surface area contributed by atoms with Gasteiger partial charge < -0.3 is 15.2 Å². The monoisotopic (exact) mass is 343 g/mol. The molecule has 1 fully saturated rings. The molecule has 1 rings (SSSR count). The Morgan fingerprint density at radius 1 is 1.41 bits per heavy atom. The fourth-order valence-electron chi connectivity index (χ4n) is 2.57. The molecule has 0 spiro atoms. The molecular weight excluding hydrogens is 323 g/mol. The standard InChI is InChI=1S/C13H20F3NO4S/c1-4-21-8-5-12(10(19)20,11(8,2)3)17-9(18)6-22-7-13(14,15)16/h8H,4-7H2,1-3H3,(H,17,18)(H,19,20). The van der Waals surface area contributed by atoms with Crippen LogP contribution < -0.4 is 5.32 Å². The number of hydrogen-bond acceptors (Lipinski definition) is 4. The van der Waals surface area contributed by atoms with E-state index in [1.165, 1.54) is 0 Å². The number of rotatable bonds is 7. The average Bonchev–Trinajstić information content (AvgIpc) is 2.35. The van der Waals surface area contributed by atoms with E-state index in [-0.39, 0.29) is 12.5 Å². The summed E-state index contributed by atoms with van der Waals surface area (Å²) >= 11 is 0.405. The van der Waals surface area contributed by atoms with E-state index in [0.717, 1.165) is 0 Å². The molecule has 0 aromatic heterocycles. The molecule has 9 heteroatoms. The van der Waals surface area contributed by atoms with E-state index in [1.807, 2.05) is 0 Å². The number of hydrogen-bond donors (Lipinski definition) is 2. The van der Waals surface area contributed by atoms with Crippen LogP contribution in [0.15, 0.2) is 0 Å². The summed E-state index contributed by atoms with van der Waals surface area (Å²) in [5.74, 6) is -3.52. The van der Waals surface area contributed by atoms with E-state index >= 15 is 0 Å². The summed E-state index contributed by atoms with van der Waals surface area (Å²) in [5.41, 5.74) is -2.36. The molecule has 128 valence electrons. The van der Waals surface area contributed by atoms with Crippen LogP contribution in [0.3, 0.4) is 0 Å². The van der Waals surface area contributed by atoms with E-state index < -0.39 is 40.5 Å². The van der Waals surface area contributed by atoms with Crippen molar-refractivity contribution in [1.29, 1.82) is 0 Å². The predicted octanol–water partition coefficient (Wildman–Crippen LogP) is 2.06. The second kappa shape index (κ2) is 6.66. The minimum atomic E-state index is -4.36. The van der Waals surface area contributed by atoms with Crippen LogP contribution in [0.2, 0.25) is 0 Å². The Hall–Kier alpha value is -0.960. The van der Waals surface area contributed by atoms with Gasteiger partial charge in [0, 0.05) is 18.4 Å². The van der Waals surface area contributed by atoms with Gasteiger partial charge in [-0.25, -0.2) is 4.79 Å². The Bertz CT molecular complexity index is 441. The van der Waals surface area contributed by atoms with Crippen LogP contribution >= 0.6 is 11.8 Å². The highest BCUT2D eigenvalue weighted by Gasteiger charge is 2.66. The number of carboxylic acid groups (broad SMARTS) is 1. The molecule has 22 heavy (non-hydrogen) atoms. The minimum absolute atomic E-state index is 0.0961. The summed E-state index contributed by atoms with van der Waals surface area (Å²) in [5, 5.41) is 11.8. The van der Waals surface area contributed by atoms with Crippen molar-refractivity contribution in [3.8, 4) is 0 Å². The molecule has 1 saturated carbocycles. The third-order valence-corrected chi connectivity index (χ3v) is 4.98. The maximum absolute atomic E-state index is 12.0. The molecule has 2 atom stereocenters. The molecule has 0 radical (unpaired) electrons. The third-order valence-electron chi connectivity index (χ3n) is 3.98. The number of ether oxygens (including phenoxy) is 1. The molecule has 0 aromatic carbocycles. The van der Waals surface area contributed by atoms with Crippen LogP contribution in [0.1, 0.15) is 27.2 Å².